The van der Waals surface area contributed by atoms with Crippen molar-refractivity contribution in [2.45, 2.75) is 45.2 Å². The van der Waals surface area contributed by atoms with Crippen LogP contribution >= 0.6 is 0 Å². The number of methoxy groups -OCH3 is 1. The Hall–Kier alpha value is -0.650. The predicted molar refractivity (Wildman–Crippen MR) is 67.9 cm³/mol. The number of carbonyl (C=O) groups is 1. The summed E-state index contributed by atoms with van der Waals surface area (Å²) < 4.78 is 4.94. The van der Waals surface area contributed by atoms with Gasteiger partial charge in [-0.05, 0) is 19.8 Å². The van der Waals surface area contributed by atoms with Crippen LogP contribution in [0.1, 0.15) is 33.1 Å². The number of ether oxygens (including phenoxy) is 1. The van der Waals surface area contributed by atoms with Crippen LogP contribution in [-0.2, 0) is 9.53 Å². The summed E-state index contributed by atoms with van der Waals surface area (Å²) in [6.45, 7) is 5.18. The van der Waals surface area contributed by atoms with Gasteiger partial charge in [-0.3, -0.25) is 4.79 Å². The van der Waals surface area contributed by atoms with Crippen LogP contribution in [0.3, 0.4) is 0 Å². The maximum absolute atomic E-state index is 11.7. The SMILES string of the molecule is CCCCNC(=O)C(C)NC(CO)CCOC. The topological polar surface area (TPSA) is 70.6 Å². The van der Waals surface area contributed by atoms with Crippen LogP contribution in [0, 0.1) is 0 Å². The quantitative estimate of drug-likeness (QED) is 0.484. The first-order valence-corrected chi connectivity index (χ1v) is 6.29. The average Bonchev–Trinajstić information content (AvgIpc) is 2.34. The zero-order valence-corrected chi connectivity index (χ0v) is 11.2. The van der Waals surface area contributed by atoms with Gasteiger partial charge >= 0.3 is 0 Å². The Balaban J connectivity index is 3.86. The van der Waals surface area contributed by atoms with Gasteiger partial charge in [0, 0.05) is 26.3 Å². The minimum atomic E-state index is -0.291. The molecule has 0 aromatic heterocycles. The Labute approximate surface area is 104 Å². The zero-order chi connectivity index (χ0) is 13.1. The third-order valence-electron chi connectivity index (χ3n) is 2.60. The number of hydrogen-bond donors (Lipinski definition) is 3. The van der Waals surface area contributed by atoms with E-state index in [4.69, 9.17) is 9.84 Å². The van der Waals surface area contributed by atoms with Gasteiger partial charge < -0.3 is 20.5 Å². The van der Waals surface area contributed by atoms with Gasteiger partial charge in [0.1, 0.15) is 0 Å². The molecular formula is C12H26N2O3. The van der Waals surface area contributed by atoms with E-state index in [1.807, 2.05) is 0 Å². The van der Waals surface area contributed by atoms with Crippen molar-refractivity contribution in [3.05, 3.63) is 0 Å². The van der Waals surface area contributed by atoms with Gasteiger partial charge in [0.25, 0.3) is 0 Å². The summed E-state index contributed by atoms with van der Waals surface area (Å²) in [5, 5.41) is 15.1. The first-order chi connectivity index (χ1) is 8.15. The first kappa shape index (κ1) is 16.4. The molecule has 5 heteroatoms. The van der Waals surface area contributed by atoms with E-state index in [9.17, 15) is 4.79 Å². The predicted octanol–water partition coefficient (Wildman–Crippen LogP) is 0.278. The van der Waals surface area contributed by atoms with Gasteiger partial charge in [0.15, 0.2) is 0 Å². The Kier molecular flexibility index (Phi) is 10.1. The molecule has 0 aliphatic heterocycles. The number of rotatable bonds is 10. The lowest BCUT2D eigenvalue weighted by molar-refractivity contribution is -0.123. The molecule has 0 saturated carbocycles. The fourth-order valence-corrected chi connectivity index (χ4v) is 1.46. The normalized spacial score (nSPS) is 14.4. The lowest BCUT2D eigenvalue weighted by Crippen LogP contribution is -2.48. The molecule has 0 saturated heterocycles. The van der Waals surface area contributed by atoms with Gasteiger partial charge in [0.05, 0.1) is 12.6 Å². The summed E-state index contributed by atoms with van der Waals surface area (Å²) in [4.78, 5) is 11.7. The van der Waals surface area contributed by atoms with Crippen LogP contribution in [-0.4, -0.2) is 50.0 Å². The van der Waals surface area contributed by atoms with Crippen LogP contribution in [0.25, 0.3) is 0 Å². The number of aliphatic hydroxyl groups excluding tert-OH is 1. The van der Waals surface area contributed by atoms with E-state index in [2.05, 4.69) is 17.6 Å². The van der Waals surface area contributed by atoms with Crippen molar-refractivity contribution in [1.82, 2.24) is 10.6 Å². The molecule has 0 aliphatic rings. The highest BCUT2D eigenvalue weighted by Crippen LogP contribution is 1.95. The molecule has 0 heterocycles. The van der Waals surface area contributed by atoms with Gasteiger partial charge in [-0.1, -0.05) is 13.3 Å². The fourth-order valence-electron chi connectivity index (χ4n) is 1.46. The van der Waals surface area contributed by atoms with E-state index in [-0.39, 0.29) is 24.6 Å². The Morgan fingerprint density at radius 3 is 2.71 bits per heavy atom. The second-order valence-corrected chi connectivity index (χ2v) is 4.19. The molecule has 2 atom stereocenters. The molecule has 102 valence electrons. The molecule has 3 N–H and O–H groups in total. The summed E-state index contributed by atoms with van der Waals surface area (Å²) >= 11 is 0. The van der Waals surface area contributed by atoms with Gasteiger partial charge in [0.2, 0.25) is 5.91 Å². The van der Waals surface area contributed by atoms with Crippen molar-refractivity contribution < 1.29 is 14.6 Å². The van der Waals surface area contributed by atoms with Crippen molar-refractivity contribution in [2.75, 3.05) is 26.9 Å². The fraction of sp³-hybridized carbons (Fsp3) is 0.917. The summed E-state index contributed by atoms with van der Waals surface area (Å²) in [6.07, 6.45) is 2.75. The zero-order valence-electron chi connectivity index (χ0n) is 11.2. The van der Waals surface area contributed by atoms with E-state index in [0.717, 1.165) is 12.8 Å². The van der Waals surface area contributed by atoms with Crippen LogP contribution in [0.15, 0.2) is 0 Å². The molecular weight excluding hydrogens is 220 g/mol. The monoisotopic (exact) mass is 246 g/mol. The highest BCUT2D eigenvalue weighted by molar-refractivity contribution is 5.81. The number of hydrogen-bond acceptors (Lipinski definition) is 4. The van der Waals surface area contributed by atoms with Crippen LogP contribution < -0.4 is 10.6 Å². The average molecular weight is 246 g/mol. The van der Waals surface area contributed by atoms with E-state index in [1.165, 1.54) is 0 Å². The number of amides is 1. The molecule has 0 aliphatic carbocycles. The highest BCUT2D eigenvalue weighted by atomic mass is 16.5. The summed E-state index contributed by atoms with van der Waals surface area (Å²) in [6, 6.07) is -0.386. The van der Waals surface area contributed by atoms with E-state index in [1.54, 1.807) is 14.0 Å². The molecule has 2 unspecified atom stereocenters. The third kappa shape index (κ3) is 8.12. The van der Waals surface area contributed by atoms with Crippen molar-refractivity contribution in [3.63, 3.8) is 0 Å². The van der Waals surface area contributed by atoms with Crippen molar-refractivity contribution in [2.24, 2.45) is 0 Å². The summed E-state index contributed by atoms with van der Waals surface area (Å²) in [7, 11) is 1.62. The van der Waals surface area contributed by atoms with Crippen LogP contribution in [0.4, 0.5) is 0 Å². The van der Waals surface area contributed by atoms with Gasteiger partial charge in [-0.2, -0.15) is 0 Å². The minimum Gasteiger partial charge on any atom is -0.395 e. The smallest absolute Gasteiger partial charge is 0.236 e. The van der Waals surface area contributed by atoms with Crippen LogP contribution in [0.5, 0.6) is 0 Å². The molecule has 5 nitrogen and oxygen atoms in total. The standard InChI is InChI=1S/C12H26N2O3/c1-4-5-7-13-12(16)10(2)14-11(9-15)6-8-17-3/h10-11,14-15H,4-9H2,1-3H3,(H,13,16). The maximum Gasteiger partial charge on any atom is 0.236 e. The van der Waals surface area contributed by atoms with Crippen molar-refractivity contribution in [3.8, 4) is 0 Å². The Morgan fingerprint density at radius 2 is 2.18 bits per heavy atom. The molecule has 17 heavy (non-hydrogen) atoms. The molecule has 1 amide bonds. The van der Waals surface area contributed by atoms with Gasteiger partial charge in [-0.15, -0.1) is 0 Å². The molecule has 0 aromatic carbocycles. The maximum atomic E-state index is 11.7. The Bertz CT molecular complexity index is 200. The largest absolute Gasteiger partial charge is 0.395 e. The Morgan fingerprint density at radius 1 is 1.47 bits per heavy atom. The molecule has 0 spiro atoms. The van der Waals surface area contributed by atoms with Gasteiger partial charge in [-0.25, -0.2) is 0 Å². The number of carbonyl (C=O) groups excluding carboxylic acids is 1. The highest BCUT2D eigenvalue weighted by Gasteiger charge is 2.16. The van der Waals surface area contributed by atoms with Crippen molar-refractivity contribution in [1.29, 1.82) is 0 Å². The molecule has 0 fully saturated rings. The third-order valence-corrected chi connectivity index (χ3v) is 2.60. The van der Waals surface area contributed by atoms with E-state index < -0.39 is 0 Å². The molecule has 0 aromatic rings. The lowest BCUT2D eigenvalue weighted by atomic mass is 10.2. The molecule has 0 bridgehead atoms. The van der Waals surface area contributed by atoms with E-state index in [0.29, 0.717) is 19.6 Å². The first-order valence-electron chi connectivity index (χ1n) is 6.29. The number of aliphatic hydroxyl groups is 1. The lowest BCUT2D eigenvalue weighted by Gasteiger charge is -2.21. The number of nitrogens with one attached hydrogen (secondary N) is 2. The summed E-state index contributed by atoms with van der Waals surface area (Å²) in [5.74, 6) is -0.0192. The van der Waals surface area contributed by atoms with E-state index >= 15 is 0 Å². The number of unbranched alkanes of at least 4 members (excludes halogenated alkanes) is 1. The van der Waals surface area contributed by atoms with Crippen molar-refractivity contribution >= 4 is 5.91 Å². The molecule has 0 radical (unpaired) electrons. The molecule has 0 rings (SSSR count). The summed E-state index contributed by atoms with van der Waals surface area (Å²) in [5.41, 5.74) is 0. The second kappa shape index (κ2) is 10.5. The van der Waals surface area contributed by atoms with Crippen LogP contribution in [0.2, 0.25) is 0 Å². The minimum absolute atomic E-state index is 0.00986. The second-order valence-electron chi connectivity index (χ2n) is 4.19.